The lowest BCUT2D eigenvalue weighted by Crippen LogP contribution is -2.46. The molecule has 0 bridgehead atoms. The van der Waals surface area contributed by atoms with E-state index in [2.05, 4.69) is 4.72 Å². The van der Waals surface area contributed by atoms with Gasteiger partial charge < -0.3 is 4.90 Å². The number of sulfonamides is 1. The number of imide groups is 1. The standard InChI is InChI=1S/C27H27N3O5S/c1-2-7-25(31)29-16-14-18(15-17-29)28-36(34,35)24-13-12-23(19-8-3-4-9-20(19)24)30-26(32)21-10-5-6-11-22(21)27(30)33/h3-6,8-13,18,28H,2,7,14-17H2,1H3. The first-order valence-electron chi connectivity index (χ1n) is 12.1. The summed E-state index contributed by atoms with van der Waals surface area (Å²) >= 11 is 0. The summed E-state index contributed by atoms with van der Waals surface area (Å²) in [5.74, 6) is -0.758. The Morgan fingerprint density at radius 1 is 0.889 bits per heavy atom. The van der Waals surface area contributed by atoms with Crippen LogP contribution in [0.1, 0.15) is 53.3 Å². The Bertz CT molecular complexity index is 1440. The third kappa shape index (κ3) is 4.18. The van der Waals surface area contributed by atoms with E-state index in [1.165, 1.54) is 12.1 Å². The van der Waals surface area contributed by atoms with Crippen molar-refractivity contribution in [2.24, 2.45) is 0 Å². The van der Waals surface area contributed by atoms with Gasteiger partial charge in [-0.25, -0.2) is 18.0 Å². The number of piperidine rings is 1. The van der Waals surface area contributed by atoms with Crippen LogP contribution in [-0.4, -0.2) is 50.2 Å². The number of hydrogen-bond acceptors (Lipinski definition) is 5. The fourth-order valence-electron chi connectivity index (χ4n) is 4.99. The smallest absolute Gasteiger partial charge is 0.266 e. The highest BCUT2D eigenvalue weighted by Crippen LogP contribution is 2.36. The Kier molecular flexibility index (Phi) is 6.36. The predicted octanol–water partition coefficient (Wildman–Crippen LogP) is 3.71. The number of amides is 3. The first-order valence-corrected chi connectivity index (χ1v) is 13.6. The molecule has 1 N–H and O–H groups in total. The molecular weight excluding hydrogens is 478 g/mol. The van der Waals surface area contributed by atoms with Crippen molar-refractivity contribution in [2.45, 2.75) is 43.5 Å². The highest BCUT2D eigenvalue weighted by Gasteiger charge is 2.37. The highest BCUT2D eigenvalue weighted by molar-refractivity contribution is 7.89. The zero-order chi connectivity index (χ0) is 25.4. The van der Waals surface area contributed by atoms with Crippen molar-refractivity contribution < 1.29 is 22.8 Å². The van der Waals surface area contributed by atoms with Gasteiger partial charge >= 0.3 is 0 Å². The molecule has 3 aromatic rings. The molecule has 0 atom stereocenters. The lowest BCUT2D eigenvalue weighted by molar-refractivity contribution is -0.132. The number of fused-ring (bicyclic) bond motifs is 2. The molecule has 0 spiro atoms. The predicted molar refractivity (Wildman–Crippen MR) is 136 cm³/mol. The molecule has 1 saturated heterocycles. The third-order valence-electron chi connectivity index (χ3n) is 6.82. The fraction of sp³-hybridized carbons (Fsp3) is 0.296. The molecule has 0 radical (unpaired) electrons. The van der Waals surface area contributed by atoms with Gasteiger partial charge in [-0.3, -0.25) is 14.4 Å². The van der Waals surface area contributed by atoms with Gasteiger partial charge in [0.2, 0.25) is 15.9 Å². The molecule has 5 rings (SSSR count). The number of nitrogens with zero attached hydrogens (tertiary/aromatic N) is 2. The minimum absolute atomic E-state index is 0.0861. The molecule has 0 unspecified atom stereocenters. The van der Waals surface area contributed by atoms with E-state index in [-0.39, 0.29) is 16.8 Å². The molecule has 2 aliphatic heterocycles. The van der Waals surface area contributed by atoms with Crippen LogP contribution >= 0.6 is 0 Å². The zero-order valence-corrected chi connectivity index (χ0v) is 20.8. The van der Waals surface area contributed by atoms with Gasteiger partial charge in [-0.2, -0.15) is 0 Å². The molecule has 1 fully saturated rings. The largest absolute Gasteiger partial charge is 0.343 e. The van der Waals surface area contributed by atoms with Crippen LogP contribution in [0.3, 0.4) is 0 Å². The molecule has 0 aliphatic carbocycles. The molecule has 3 amide bonds. The van der Waals surface area contributed by atoms with E-state index in [1.54, 1.807) is 53.4 Å². The van der Waals surface area contributed by atoms with Crippen molar-refractivity contribution in [2.75, 3.05) is 18.0 Å². The summed E-state index contributed by atoms with van der Waals surface area (Å²) in [4.78, 5) is 41.3. The molecule has 36 heavy (non-hydrogen) atoms. The van der Waals surface area contributed by atoms with Gasteiger partial charge in [0.25, 0.3) is 11.8 Å². The van der Waals surface area contributed by atoms with Gasteiger partial charge in [-0.1, -0.05) is 43.3 Å². The number of carbonyl (C=O) groups is 3. The molecule has 186 valence electrons. The van der Waals surface area contributed by atoms with Crippen LogP contribution < -0.4 is 9.62 Å². The quantitative estimate of drug-likeness (QED) is 0.515. The van der Waals surface area contributed by atoms with Gasteiger partial charge in [0.1, 0.15) is 0 Å². The summed E-state index contributed by atoms with van der Waals surface area (Å²) < 4.78 is 29.7. The maximum absolute atomic E-state index is 13.4. The Balaban J connectivity index is 1.43. The second-order valence-corrected chi connectivity index (χ2v) is 10.8. The van der Waals surface area contributed by atoms with Gasteiger partial charge in [0, 0.05) is 36.3 Å². The topological polar surface area (TPSA) is 104 Å². The van der Waals surface area contributed by atoms with Crippen molar-refractivity contribution in [1.82, 2.24) is 9.62 Å². The van der Waals surface area contributed by atoms with E-state index >= 15 is 0 Å². The number of nitrogens with one attached hydrogen (secondary N) is 1. The molecule has 0 saturated carbocycles. The summed E-state index contributed by atoms with van der Waals surface area (Å²) in [6.45, 7) is 3.00. The molecule has 2 aliphatic rings. The summed E-state index contributed by atoms with van der Waals surface area (Å²) in [7, 11) is -3.90. The number of anilines is 1. The lowest BCUT2D eigenvalue weighted by atomic mass is 10.1. The Morgan fingerprint density at radius 2 is 1.47 bits per heavy atom. The van der Waals surface area contributed by atoms with Crippen molar-refractivity contribution >= 4 is 44.2 Å². The van der Waals surface area contributed by atoms with Crippen LogP contribution in [0.15, 0.2) is 65.6 Å². The fourth-order valence-corrected chi connectivity index (χ4v) is 6.51. The summed E-state index contributed by atoms with van der Waals surface area (Å²) in [6, 6.07) is 16.2. The lowest BCUT2D eigenvalue weighted by Gasteiger charge is -2.32. The van der Waals surface area contributed by atoms with E-state index in [4.69, 9.17) is 0 Å². The monoisotopic (exact) mass is 505 g/mol. The number of likely N-dealkylation sites (tertiary alicyclic amines) is 1. The van der Waals surface area contributed by atoms with Crippen LogP contribution in [0.5, 0.6) is 0 Å². The highest BCUT2D eigenvalue weighted by atomic mass is 32.2. The van der Waals surface area contributed by atoms with Gasteiger partial charge in [0.15, 0.2) is 0 Å². The SMILES string of the molecule is CCCC(=O)N1CCC(NS(=O)(=O)c2ccc(N3C(=O)c4ccccc4C3=O)c3ccccc23)CC1. The maximum Gasteiger partial charge on any atom is 0.266 e. The molecule has 8 nitrogen and oxygen atoms in total. The van der Waals surface area contributed by atoms with Crippen molar-refractivity contribution in [1.29, 1.82) is 0 Å². The normalized spacial score (nSPS) is 16.6. The van der Waals surface area contributed by atoms with E-state index in [1.807, 2.05) is 6.92 Å². The first-order chi connectivity index (χ1) is 17.3. The van der Waals surface area contributed by atoms with Gasteiger partial charge in [-0.05, 0) is 43.5 Å². The Morgan fingerprint density at radius 3 is 2.08 bits per heavy atom. The summed E-state index contributed by atoms with van der Waals surface area (Å²) in [5, 5.41) is 0.921. The minimum atomic E-state index is -3.90. The van der Waals surface area contributed by atoms with Crippen molar-refractivity contribution in [3.63, 3.8) is 0 Å². The van der Waals surface area contributed by atoms with Crippen molar-refractivity contribution in [3.05, 3.63) is 71.8 Å². The Labute approximate surface area is 209 Å². The van der Waals surface area contributed by atoms with E-state index in [0.717, 1.165) is 11.3 Å². The number of carbonyl (C=O) groups excluding carboxylic acids is 3. The van der Waals surface area contributed by atoms with Gasteiger partial charge in [0.05, 0.1) is 21.7 Å². The molecule has 3 aromatic carbocycles. The van der Waals surface area contributed by atoms with Gasteiger partial charge in [-0.15, -0.1) is 0 Å². The van der Waals surface area contributed by atoms with Crippen molar-refractivity contribution in [3.8, 4) is 0 Å². The molecule has 0 aromatic heterocycles. The number of hydrogen-bond donors (Lipinski definition) is 1. The maximum atomic E-state index is 13.4. The summed E-state index contributed by atoms with van der Waals surface area (Å²) in [6.07, 6.45) is 2.37. The zero-order valence-electron chi connectivity index (χ0n) is 19.9. The van der Waals surface area contributed by atoms with Crippen LogP contribution in [-0.2, 0) is 14.8 Å². The van der Waals surface area contributed by atoms with E-state index < -0.39 is 21.8 Å². The van der Waals surface area contributed by atoms with E-state index in [9.17, 15) is 22.8 Å². The third-order valence-corrected chi connectivity index (χ3v) is 8.40. The number of benzene rings is 3. The summed E-state index contributed by atoms with van der Waals surface area (Å²) in [5.41, 5.74) is 1.00. The first kappa shape index (κ1) is 24.1. The average Bonchev–Trinajstić information content (AvgIpc) is 3.13. The second kappa shape index (κ2) is 9.48. The number of rotatable bonds is 6. The minimum Gasteiger partial charge on any atom is -0.343 e. The molecule has 2 heterocycles. The van der Waals surface area contributed by atoms with Crippen LogP contribution in [0.2, 0.25) is 0 Å². The van der Waals surface area contributed by atoms with Crippen LogP contribution in [0.25, 0.3) is 10.8 Å². The van der Waals surface area contributed by atoms with E-state index in [0.29, 0.717) is 59.9 Å². The second-order valence-electron chi connectivity index (χ2n) is 9.15. The van der Waals surface area contributed by atoms with Crippen LogP contribution in [0.4, 0.5) is 5.69 Å². The average molecular weight is 506 g/mol. The van der Waals surface area contributed by atoms with Crippen LogP contribution in [0, 0.1) is 0 Å². The Hall–Kier alpha value is -3.56. The molecule has 9 heteroatoms. The molecular formula is C27H27N3O5S.